The van der Waals surface area contributed by atoms with Crippen LogP contribution in [0, 0.1) is 0 Å². The van der Waals surface area contributed by atoms with Crippen LogP contribution in [0.2, 0.25) is 0 Å². The lowest BCUT2D eigenvalue weighted by Crippen LogP contribution is -2.35. The van der Waals surface area contributed by atoms with Crippen molar-refractivity contribution in [2.45, 2.75) is 26.3 Å². The van der Waals surface area contributed by atoms with Gasteiger partial charge in [0.1, 0.15) is 6.54 Å². The topological polar surface area (TPSA) is 71.4 Å². The van der Waals surface area contributed by atoms with Gasteiger partial charge >= 0.3 is 0 Å². The quantitative estimate of drug-likeness (QED) is 0.856. The van der Waals surface area contributed by atoms with Crippen molar-refractivity contribution in [1.82, 2.24) is 14.8 Å². The number of carbonyl (C=O) groups excluding carboxylic acids is 2. The lowest BCUT2D eigenvalue weighted by atomic mass is 10.2. The van der Waals surface area contributed by atoms with Crippen molar-refractivity contribution in [2.24, 2.45) is 0 Å². The van der Waals surface area contributed by atoms with Gasteiger partial charge in [-0.1, -0.05) is 0 Å². The van der Waals surface area contributed by atoms with Crippen LogP contribution in [-0.2, 0) is 11.3 Å². The molecule has 6 heteroatoms. The van der Waals surface area contributed by atoms with Crippen molar-refractivity contribution >= 4 is 11.8 Å². The fourth-order valence-corrected chi connectivity index (χ4v) is 2.26. The van der Waals surface area contributed by atoms with E-state index in [1.165, 1.54) is 22.9 Å². The molecule has 1 aliphatic rings. The molecule has 0 unspecified atom stereocenters. The molecule has 1 aromatic rings. The number of rotatable bonds is 4. The van der Waals surface area contributed by atoms with Gasteiger partial charge in [-0.2, -0.15) is 0 Å². The van der Waals surface area contributed by atoms with Gasteiger partial charge in [-0.15, -0.1) is 0 Å². The zero-order valence-electron chi connectivity index (χ0n) is 11.6. The molecule has 1 aromatic heterocycles. The fourth-order valence-electron chi connectivity index (χ4n) is 2.26. The van der Waals surface area contributed by atoms with Gasteiger partial charge in [-0.25, -0.2) is 0 Å². The molecule has 0 saturated carbocycles. The van der Waals surface area contributed by atoms with Crippen LogP contribution in [0.1, 0.15) is 30.1 Å². The molecule has 2 rings (SSSR count). The van der Waals surface area contributed by atoms with E-state index in [0.717, 1.165) is 25.9 Å². The predicted molar refractivity (Wildman–Crippen MR) is 74.5 cm³/mol. The van der Waals surface area contributed by atoms with Gasteiger partial charge in [0, 0.05) is 31.9 Å². The van der Waals surface area contributed by atoms with E-state index < -0.39 is 0 Å². The summed E-state index contributed by atoms with van der Waals surface area (Å²) in [4.78, 5) is 37.3. The fraction of sp³-hybridized carbons (Fsp3) is 0.500. The molecule has 1 N–H and O–H groups in total. The first-order valence-electron chi connectivity index (χ1n) is 6.88. The molecule has 0 bridgehead atoms. The molecule has 0 spiro atoms. The van der Waals surface area contributed by atoms with Crippen LogP contribution in [-0.4, -0.2) is 40.9 Å². The van der Waals surface area contributed by atoms with Crippen LogP contribution in [0.4, 0.5) is 0 Å². The largest absolute Gasteiger partial charge is 0.352 e. The van der Waals surface area contributed by atoms with Crippen molar-refractivity contribution in [3.63, 3.8) is 0 Å². The molecule has 2 heterocycles. The molecule has 20 heavy (non-hydrogen) atoms. The van der Waals surface area contributed by atoms with Crippen LogP contribution in [0.5, 0.6) is 0 Å². The Labute approximate surface area is 117 Å². The van der Waals surface area contributed by atoms with Crippen LogP contribution in [0.15, 0.2) is 23.1 Å². The smallest absolute Gasteiger partial charge is 0.252 e. The van der Waals surface area contributed by atoms with Gasteiger partial charge in [0.05, 0.1) is 5.56 Å². The van der Waals surface area contributed by atoms with E-state index in [-0.39, 0.29) is 23.9 Å². The number of likely N-dealkylation sites (tertiary alicyclic amines) is 1. The third-order valence-electron chi connectivity index (χ3n) is 3.35. The highest BCUT2D eigenvalue weighted by Gasteiger charge is 2.18. The Morgan fingerprint density at radius 2 is 1.95 bits per heavy atom. The number of nitrogens with one attached hydrogen (secondary N) is 1. The third-order valence-corrected chi connectivity index (χ3v) is 3.35. The Balaban J connectivity index is 2.14. The van der Waals surface area contributed by atoms with Gasteiger partial charge in [-0.05, 0) is 25.8 Å². The minimum atomic E-state index is -0.273. The van der Waals surface area contributed by atoms with Gasteiger partial charge in [0.25, 0.3) is 11.5 Å². The summed E-state index contributed by atoms with van der Waals surface area (Å²) in [5.74, 6) is -0.312. The summed E-state index contributed by atoms with van der Waals surface area (Å²) < 4.78 is 1.30. The number of aromatic nitrogens is 1. The highest BCUT2D eigenvalue weighted by Crippen LogP contribution is 2.08. The minimum absolute atomic E-state index is 0.00786. The van der Waals surface area contributed by atoms with Crippen molar-refractivity contribution in [3.05, 3.63) is 34.2 Å². The molecular formula is C14H19N3O3. The first-order chi connectivity index (χ1) is 9.61. The zero-order valence-corrected chi connectivity index (χ0v) is 11.6. The Morgan fingerprint density at radius 1 is 1.25 bits per heavy atom. The Kier molecular flexibility index (Phi) is 4.55. The highest BCUT2D eigenvalue weighted by molar-refractivity contribution is 5.93. The molecule has 6 nitrogen and oxygen atoms in total. The predicted octanol–water partition coefficient (Wildman–Crippen LogP) is 0.220. The summed E-state index contributed by atoms with van der Waals surface area (Å²) in [6.07, 6.45) is 3.47. The SMILES string of the molecule is CCNC(=O)c1ccc(=O)n(CC(=O)N2CCCC2)c1. The van der Waals surface area contributed by atoms with Crippen molar-refractivity contribution < 1.29 is 9.59 Å². The number of hydrogen-bond donors (Lipinski definition) is 1. The summed E-state index contributed by atoms with van der Waals surface area (Å²) in [7, 11) is 0. The Bertz CT molecular complexity index is 559. The van der Waals surface area contributed by atoms with Crippen molar-refractivity contribution in [2.75, 3.05) is 19.6 Å². The second-order valence-corrected chi connectivity index (χ2v) is 4.83. The van der Waals surface area contributed by atoms with E-state index in [4.69, 9.17) is 0 Å². The van der Waals surface area contributed by atoms with Gasteiger partial charge in [-0.3, -0.25) is 14.4 Å². The van der Waals surface area contributed by atoms with E-state index >= 15 is 0 Å². The standard InChI is InChI=1S/C14H19N3O3/c1-2-15-14(20)11-5-6-12(18)17(9-11)10-13(19)16-7-3-4-8-16/h5-6,9H,2-4,7-8,10H2,1H3,(H,15,20). The van der Waals surface area contributed by atoms with Gasteiger partial charge in [0.2, 0.25) is 5.91 Å². The van der Waals surface area contributed by atoms with Crippen LogP contribution < -0.4 is 10.9 Å². The summed E-state index contributed by atoms with van der Waals surface area (Å²) in [6.45, 7) is 3.84. The maximum absolute atomic E-state index is 12.0. The molecule has 1 fully saturated rings. The molecule has 0 radical (unpaired) electrons. The molecule has 0 aromatic carbocycles. The molecule has 1 aliphatic heterocycles. The first kappa shape index (κ1) is 14.3. The second-order valence-electron chi connectivity index (χ2n) is 4.83. The van der Waals surface area contributed by atoms with Gasteiger partial charge < -0.3 is 14.8 Å². The normalized spacial score (nSPS) is 14.3. The summed E-state index contributed by atoms with van der Waals surface area (Å²) in [5.41, 5.74) is 0.117. The summed E-state index contributed by atoms with van der Waals surface area (Å²) in [6, 6.07) is 2.80. The number of pyridine rings is 1. The maximum atomic E-state index is 12.0. The lowest BCUT2D eigenvalue weighted by Gasteiger charge is -2.16. The third kappa shape index (κ3) is 3.26. The van der Waals surface area contributed by atoms with Gasteiger partial charge in [0.15, 0.2) is 0 Å². The van der Waals surface area contributed by atoms with E-state index in [9.17, 15) is 14.4 Å². The van der Waals surface area contributed by atoms with Crippen molar-refractivity contribution in [3.8, 4) is 0 Å². The van der Waals surface area contributed by atoms with E-state index in [1.807, 2.05) is 6.92 Å². The molecule has 2 amide bonds. The second kappa shape index (κ2) is 6.36. The maximum Gasteiger partial charge on any atom is 0.252 e. The zero-order chi connectivity index (χ0) is 14.5. The monoisotopic (exact) mass is 277 g/mol. The van der Waals surface area contributed by atoms with Crippen LogP contribution in [0.25, 0.3) is 0 Å². The Hall–Kier alpha value is -2.11. The van der Waals surface area contributed by atoms with E-state index in [2.05, 4.69) is 5.32 Å². The number of hydrogen-bond acceptors (Lipinski definition) is 3. The highest BCUT2D eigenvalue weighted by atomic mass is 16.2. The van der Waals surface area contributed by atoms with Crippen molar-refractivity contribution in [1.29, 1.82) is 0 Å². The lowest BCUT2D eigenvalue weighted by molar-refractivity contribution is -0.130. The molecular weight excluding hydrogens is 258 g/mol. The molecule has 1 saturated heterocycles. The number of amides is 2. The first-order valence-corrected chi connectivity index (χ1v) is 6.88. The number of nitrogens with zero attached hydrogens (tertiary/aromatic N) is 2. The van der Waals surface area contributed by atoms with E-state index in [0.29, 0.717) is 12.1 Å². The van der Waals surface area contributed by atoms with Crippen LogP contribution >= 0.6 is 0 Å². The summed E-state index contributed by atoms with van der Waals surface area (Å²) >= 11 is 0. The molecule has 0 atom stereocenters. The molecule has 0 aliphatic carbocycles. The summed E-state index contributed by atoms with van der Waals surface area (Å²) in [5, 5.41) is 2.67. The molecule has 108 valence electrons. The Morgan fingerprint density at radius 3 is 2.60 bits per heavy atom. The minimum Gasteiger partial charge on any atom is -0.352 e. The number of carbonyl (C=O) groups is 2. The average Bonchev–Trinajstić information content (AvgIpc) is 2.95. The average molecular weight is 277 g/mol. The van der Waals surface area contributed by atoms with E-state index in [1.54, 1.807) is 4.90 Å². The van der Waals surface area contributed by atoms with Crippen LogP contribution in [0.3, 0.4) is 0 Å².